The monoisotopic (exact) mass is 400 g/mol. The summed E-state index contributed by atoms with van der Waals surface area (Å²) >= 11 is 0. The van der Waals surface area contributed by atoms with Crippen LogP contribution >= 0.6 is 0 Å². The van der Waals surface area contributed by atoms with Gasteiger partial charge in [0.05, 0.1) is 13.2 Å². The van der Waals surface area contributed by atoms with E-state index >= 15 is 0 Å². The Balaban J connectivity index is 1.31. The molecule has 0 N–H and O–H groups in total. The van der Waals surface area contributed by atoms with Crippen LogP contribution in [0, 0.1) is 28.6 Å². The van der Waals surface area contributed by atoms with Gasteiger partial charge < -0.3 is 14.2 Å². The van der Waals surface area contributed by atoms with E-state index in [2.05, 4.69) is 26.0 Å². The second-order valence-electron chi connectivity index (χ2n) is 10.6. The quantitative estimate of drug-likeness (QED) is 0.612. The molecule has 4 aliphatic carbocycles. The molecule has 4 nitrogen and oxygen atoms in total. The molecule has 0 aromatic heterocycles. The van der Waals surface area contributed by atoms with Crippen molar-refractivity contribution in [2.24, 2.45) is 28.6 Å². The highest BCUT2D eigenvalue weighted by atomic mass is 16.5. The van der Waals surface area contributed by atoms with Crippen LogP contribution in [0.5, 0.6) is 0 Å². The first-order chi connectivity index (χ1) is 13.9. The van der Waals surface area contributed by atoms with Gasteiger partial charge in [0, 0.05) is 18.8 Å². The van der Waals surface area contributed by atoms with E-state index in [9.17, 15) is 4.79 Å². The molecule has 0 amide bonds. The Bertz CT molecular complexity index is 733. The van der Waals surface area contributed by atoms with Crippen LogP contribution in [0.2, 0.25) is 0 Å². The fourth-order valence-electron chi connectivity index (χ4n) is 7.48. The number of hydrogen-bond acceptors (Lipinski definition) is 4. The molecule has 0 aromatic carbocycles. The van der Waals surface area contributed by atoms with Crippen LogP contribution in [0.1, 0.15) is 72.1 Å². The Labute approximate surface area is 175 Å². The maximum Gasteiger partial charge on any atom is 0.302 e. The third kappa shape index (κ3) is 3.17. The Hall–Kier alpha value is -1.29. The summed E-state index contributed by atoms with van der Waals surface area (Å²) < 4.78 is 17.6. The molecule has 0 radical (unpaired) electrons. The molecule has 0 spiro atoms. The van der Waals surface area contributed by atoms with Gasteiger partial charge in [0.15, 0.2) is 0 Å². The minimum absolute atomic E-state index is 0.0852. The fraction of sp³-hybridized carbons (Fsp3) is 0.800. The van der Waals surface area contributed by atoms with Gasteiger partial charge in [-0.1, -0.05) is 18.6 Å². The number of allylic oxidation sites excluding steroid dienone is 3. The summed E-state index contributed by atoms with van der Waals surface area (Å²) in [4.78, 5) is 11.4. The third-order valence-electron chi connectivity index (χ3n) is 9.11. The maximum atomic E-state index is 11.4. The van der Waals surface area contributed by atoms with Crippen molar-refractivity contribution in [2.75, 3.05) is 13.2 Å². The summed E-state index contributed by atoms with van der Waals surface area (Å²) in [7, 11) is 0. The van der Waals surface area contributed by atoms with Crippen molar-refractivity contribution in [3.8, 4) is 0 Å². The zero-order valence-electron chi connectivity index (χ0n) is 18.2. The number of esters is 1. The highest BCUT2D eigenvalue weighted by Crippen LogP contribution is 2.65. The number of carbonyl (C=O) groups excluding carboxylic acids is 1. The van der Waals surface area contributed by atoms with E-state index in [-0.39, 0.29) is 23.6 Å². The first-order valence-electron chi connectivity index (χ1n) is 11.7. The van der Waals surface area contributed by atoms with Crippen molar-refractivity contribution in [1.82, 2.24) is 0 Å². The number of ether oxygens (including phenoxy) is 3. The summed E-state index contributed by atoms with van der Waals surface area (Å²) in [5.74, 6) is 3.18. The van der Waals surface area contributed by atoms with Crippen LogP contribution in [-0.4, -0.2) is 31.4 Å². The smallest absolute Gasteiger partial charge is 0.302 e. The first-order valence-corrected chi connectivity index (χ1v) is 11.7. The molecule has 0 aromatic rings. The second kappa shape index (κ2) is 7.14. The first kappa shape index (κ1) is 19.7. The molecule has 7 atom stereocenters. The summed E-state index contributed by atoms with van der Waals surface area (Å²) in [6, 6.07) is 0. The minimum atomic E-state index is -0.122. The Kier molecular flexibility index (Phi) is 4.84. The molecule has 1 aliphatic heterocycles. The van der Waals surface area contributed by atoms with E-state index in [1.165, 1.54) is 37.9 Å². The van der Waals surface area contributed by atoms with Crippen molar-refractivity contribution in [3.05, 3.63) is 23.5 Å². The van der Waals surface area contributed by atoms with Gasteiger partial charge in [0.2, 0.25) is 0 Å². The van der Waals surface area contributed by atoms with E-state index in [0.29, 0.717) is 17.3 Å². The predicted octanol–water partition coefficient (Wildman–Crippen LogP) is 5.18. The van der Waals surface area contributed by atoms with Crippen molar-refractivity contribution in [1.29, 1.82) is 0 Å². The molecular weight excluding hydrogens is 364 g/mol. The highest BCUT2D eigenvalue weighted by molar-refractivity contribution is 5.66. The van der Waals surface area contributed by atoms with Crippen LogP contribution in [0.3, 0.4) is 0 Å². The molecule has 1 saturated heterocycles. The topological polar surface area (TPSA) is 44.8 Å². The van der Waals surface area contributed by atoms with Crippen LogP contribution < -0.4 is 0 Å². The SMILES string of the molecule is CC(=O)O[C@H]1CC[C@]2(C)C3CC[C@]4(C)C(OC5CCOC5)=CC=C4[C@@H]3CC[C@H]2C1. The molecule has 3 saturated carbocycles. The summed E-state index contributed by atoms with van der Waals surface area (Å²) in [5.41, 5.74) is 2.09. The van der Waals surface area contributed by atoms with E-state index in [4.69, 9.17) is 14.2 Å². The van der Waals surface area contributed by atoms with Crippen LogP contribution in [0.4, 0.5) is 0 Å². The molecule has 5 aliphatic rings. The van der Waals surface area contributed by atoms with Gasteiger partial charge in [-0.2, -0.15) is 0 Å². The van der Waals surface area contributed by atoms with Gasteiger partial charge in [-0.25, -0.2) is 0 Å². The fourth-order valence-corrected chi connectivity index (χ4v) is 7.48. The third-order valence-corrected chi connectivity index (χ3v) is 9.11. The summed E-state index contributed by atoms with van der Waals surface area (Å²) in [6.07, 6.45) is 14.3. The van der Waals surface area contributed by atoms with Crippen molar-refractivity contribution in [2.45, 2.75) is 84.3 Å². The zero-order valence-corrected chi connectivity index (χ0v) is 18.2. The van der Waals surface area contributed by atoms with Crippen LogP contribution in [0.15, 0.2) is 23.5 Å². The van der Waals surface area contributed by atoms with Crippen molar-refractivity contribution < 1.29 is 19.0 Å². The number of carbonyl (C=O) groups is 1. The van der Waals surface area contributed by atoms with E-state index in [1.807, 2.05) is 0 Å². The average Bonchev–Trinajstić information content (AvgIpc) is 3.30. The lowest BCUT2D eigenvalue weighted by molar-refractivity contribution is -0.155. The molecule has 5 rings (SSSR count). The maximum absolute atomic E-state index is 11.4. The Morgan fingerprint density at radius 2 is 1.93 bits per heavy atom. The van der Waals surface area contributed by atoms with Crippen LogP contribution in [-0.2, 0) is 19.0 Å². The molecular formula is C25H36O4. The zero-order chi connectivity index (χ0) is 20.2. The lowest BCUT2D eigenvalue weighted by Crippen LogP contribution is -2.52. The average molecular weight is 401 g/mol. The van der Waals surface area contributed by atoms with E-state index < -0.39 is 0 Å². The number of fused-ring (bicyclic) bond motifs is 5. The summed E-state index contributed by atoms with van der Waals surface area (Å²) in [6.45, 7) is 8.06. The second-order valence-corrected chi connectivity index (χ2v) is 10.6. The van der Waals surface area contributed by atoms with Gasteiger partial charge in [0.25, 0.3) is 0 Å². The normalized spacial score (nSPS) is 46.1. The Morgan fingerprint density at radius 3 is 2.69 bits per heavy atom. The lowest BCUT2D eigenvalue weighted by Gasteiger charge is -2.59. The molecule has 2 unspecified atom stereocenters. The van der Waals surface area contributed by atoms with Gasteiger partial charge in [0.1, 0.15) is 18.0 Å². The lowest BCUT2D eigenvalue weighted by atomic mass is 9.46. The molecule has 0 bridgehead atoms. The van der Waals surface area contributed by atoms with E-state index in [1.54, 1.807) is 12.5 Å². The van der Waals surface area contributed by atoms with E-state index in [0.717, 1.165) is 38.4 Å². The molecule has 4 fully saturated rings. The van der Waals surface area contributed by atoms with Crippen LogP contribution in [0.25, 0.3) is 0 Å². The van der Waals surface area contributed by atoms with Gasteiger partial charge in [-0.05, 0) is 81.1 Å². The number of hydrogen-bond donors (Lipinski definition) is 0. The predicted molar refractivity (Wildman–Crippen MR) is 111 cm³/mol. The number of rotatable bonds is 3. The molecule has 160 valence electrons. The van der Waals surface area contributed by atoms with Crippen molar-refractivity contribution in [3.63, 3.8) is 0 Å². The Morgan fingerprint density at radius 1 is 1.07 bits per heavy atom. The highest BCUT2D eigenvalue weighted by Gasteiger charge is 2.57. The van der Waals surface area contributed by atoms with Crippen molar-refractivity contribution >= 4 is 5.97 Å². The standard InChI is InChI=1S/C25H36O4/c1-16(26)28-18-8-11-24(2)17(14-18)4-5-20-21-6-7-23(29-19-10-13-27-15-19)25(21,3)12-9-22(20)24/h6-7,17-20,22H,4-5,8-15H2,1-3H3/t17-,18-,19?,20-,22?,24-,25-/m0/s1. The van der Waals surface area contributed by atoms with Gasteiger partial charge in [-0.3, -0.25) is 4.79 Å². The molecule has 29 heavy (non-hydrogen) atoms. The molecule has 1 heterocycles. The molecule has 4 heteroatoms. The van der Waals surface area contributed by atoms with Gasteiger partial charge >= 0.3 is 5.97 Å². The minimum Gasteiger partial charge on any atom is -0.491 e. The largest absolute Gasteiger partial charge is 0.491 e. The van der Waals surface area contributed by atoms with Gasteiger partial charge in [-0.15, -0.1) is 0 Å². The summed E-state index contributed by atoms with van der Waals surface area (Å²) in [5, 5.41) is 0.